The maximum atomic E-state index is 6.63. The Morgan fingerprint density at radius 3 is 1.35 bits per heavy atom. The van der Waals surface area contributed by atoms with Crippen molar-refractivity contribution in [1.29, 1.82) is 0 Å². The summed E-state index contributed by atoms with van der Waals surface area (Å²) in [5.74, 6) is 0.978. The number of hydrogen-bond acceptors (Lipinski definition) is 0. The Hall–Kier alpha value is -4.10. The highest BCUT2D eigenvalue weighted by Crippen LogP contribution is 2.57. The molecule has 1 heteroatoms. The highest BCUT2D eigenvalue weighted by atomic mass is 16.4. The van der Waals surface area contributed by atoms with E-state index in [2.05, 4.69) is 97.1 Å². The molecule has 0 spiro atoms. The van der Waals surface area contributed by atoms with Crippen molar-refractivity contribution in [3.05, 3.63) is 131 Å². The summed E-state index contributed by atoms with van der Waals surface area (Å²) < 4.78 is 6.63. The quantitative estimate of drug-likeness (QED) is 0.209. The normalized spacial score (nSPS) is 11.2. The first-order chi connectivity index (χ1) is 15.4. The molecule has 6 rings (SSSR count). The predicted octanol–water partition coefficient (Wildman–Crippen LogP) is 7.70. The molecule has 0 radical (unpaired) electrons. The van der Waals surface area contributed by atoms with Crippen molar-refractivity contribution in [2.24, 2.45) is 0 Å². The van der Waals surface area contributed by atoms with Gasteiger partial charge in [0.25, 0.3) is 0 Å². The summed E-state index contributed by atoms with van der Waals surface area (Å²) >= 11 is 0. The van der Waals surface area contributed by atoms with Crippen LogP contribution < -0.4 is 5.43 Å². The first-order valence-corrected chi connectivity index (χ1v) is 10.6. The lowest BCUT2D eigenvalue weighted by Crippen LogP contribution is -1.82. The maximum Gasteiger partial charge on any atom is 0.482 e. The molecule has 0 unspecified atom stereocenters. The molecule has 0 heterocycles. The van der Waals surface area contributed by atoms with Crippen molar-refractivity contribution >= 4 is 0 Å². The van der Waals surface area contributed by atoms with Gasteiger partial charge in [-0.05, 0) is 53.6 Å². The molecule has 144 valence electrons. The van der Waals surface area contributed by atoms with Crippen LogP contribution in [-0.4, -0.2) is 0 Å². The molecule has 6 aromatic rings. The molecular formula is C30H20O+2. The van der Waals surface area contributed by atoms with E-state index in [1.165, 1.54) is 44.5 Å². The second-order valence-electron chi connectivity index (χ2n) is 7.72. The van der Waals surface area contributed by atoms with Crippen molar-refractivity contribution in [2.75, 3.05) is 0 Å². The Morgan fingerprint density at radius 1 is 0.452 bits per heavy atom. The minimum atomic E-state index is 0.978. The Morgan fingerprint density at radius 2 is 0.871 bits per heavy atom. The fourth-order valence-corrected chi connectivity index (χ4v) is 4.17. The van der Waals surface area contributed by atoms with E-state index in [4.69, 9.17) is 4.42 Å². The third kappa shape index (κ3) is 3.21. The molecule has 0 saturated heterocycles. The van der Waals surface area contributed by atoms with Gasteiger partial charge in [0.1, 0.15) is 11.1 Å². The van der Waals surface area contributed by atoms with E-state index in [0.717, 1.165) is 11.2 Å². The zero-order valence-electron chi connectivity index (χ0n) is 17.0. The van der Waals surface area contributed by atoms with Crippen molar-refractivity contribution in [3.63, 3.8) is 0 Å². The van der Waals surface area contributed by atoms with Crippen molar-refractivity contribution < 1.29 is 0 Å². The van der Waals surface area contributed by atoms with Gasteiger partial charge in [-0.15, -0.1) is 0 Å². The molecule has 0 bridgehead atoms. The van der Waals surface area contributed by atoms with Gasteiger partial charge < -0.3 is 0 Å². The minimum absolute atomic E-state index is 0.978. The van der Waals surface area contributed by atoms with E-state index in [-0.39, 0.29) is 0 Å². The van der Waals surface area contributed by atoms with E-state index in [1.54, 1.807) is 0 Å². The molecule has 6 aromatic carbocycles. The average molecular weight is 396 g/mol. The summed E-state index contributed by atoms with van der Waals surface area (Å²) in [6, 6.07) is 42.0. The number of hydrogen-bond donors (Lipinski definition) is 0. The molecular weight excluding hydrogens is 376 g/mol. The second kappa shape index (κ2) is 7.30. The van der Waals surface area contributed by atoms with E-state index in [9.17, 15) is 0 Å². The molecule has 0 aliphatic heterocycles. The van der Waals surface area contributed by atoms with Crippen LogP contribution in [0.2, 0.25) is 0 Å². The molecule has 1 nitrogen and oxygen atoms in total. The Balaban J connectivity index is 1.52. The second-order valence-corrected chi connectivity index (χ2v) is 7.72. The van der Waals surface area contributed by atoms with Crippen molar-refractivity contribution in [3.8, 4) is 50.3 Å². The van der Waals surface area contributed by atoms with E-state index in [1.807, 2.05) is 24.3 Å². The third-order valence-corrected chi connectivity index (χ3v) is 5.74. The van der Waals surface area contributed by atoms with E-state index >= 15 is 0 Å². The summed E-state index contributed by atoms with van der Waals surface area (Å²) in [5, 5.41) is 0. The molecule has 0 saturated carbocycles. The van der Waals surface area contributed by atoms with Gasteiger partial charge in [-0.25, -0.2) is 0 Å². The van der Waals surface area contributed by atoms with Gasteiger partial charge in [0.15, 0.2) is 0 Å². The van der Waals surface area contributed by atoms with Crippen LogP contribution in [0.25, 0.3) is 44.5 Å². The maximum absolute atomic E-state index is 6.63. The number of rotatable bonds is 5. The summed E-state index contributed by atoms with van der Waals surface area (Å²) in [6.07, 6.45) is 0. The third-order valence-electron chi connectivity index (χ3n) is 5.74. The van der Waals surface area contributed by atoms with Crippen molar-refractivity contribution in [1.82, 2.24) is 0 Å². The van der Waals surface area contributed by atoms with Crippen LogP contribution in [0, 0.1) is 0 Å². The van der Waals surface area contributed by atoms with Gasteiger partial charge in [0.05, 0.1) is 11.1 Å². The minimum Gasteiger partial charge on any atom is -0.161 e. The zero-order chi connectivity index (χ0) is 20.6. The van der Waals surface area contributed by atoms with Gasteiger partial charge in [-0.1, -0.05) is 78.9 Å². The highest BCUT2D eigenvalue weighted by Gasteiger charge is 2.50. The lowest BCUT2D eigenvalue weighted by Gasteiger charge is -1.90. The molecule has 0 atom stereocenters. The summed E-state index contributed by atoms with van der Waals surface area (Å²) in [6.45, 7) is 0. The van der Waals surface area contributed by atoms with Crippen LogP contribution in [0.4, 0.5) is 0 Å². The van der Waals surface area contributed by atoms with Crippen LogP contribution in [0.15, 0.2) is 126 Å². The fourth-order valence-electron chi connectivity index (χ4n) is 4.17. The van der Waals surface area contributed by atoms with Crippen LogP contribution in [0.3, 0.4) is 0 Å². The Kier molecular flexibility index (Phi) is 4.18. The topological polar surface area (TPSA) is 11.3 Å². The van der Waals surface area contributed by atoms with Gasteiger partial charge in [-0.3, -0.25) is 0 Å². The van der Waals surface area contributed by atoms with E-state index < -0.39 is 0 Å². The first kappa shape index (κ1) is 17.7. The predicted molar refractivity (Wildman–Crippen MR) is 129 cm³/mol. The summed E-state index contributed by atoms with van der Waals surface area (Å²) in [5.41, 5.74) is 10.6. The summed E-state index contributed by atoms with van der Waals surface area (Å²) in [7, 11) is 0. The van der Waals surface area contributed by atoms with Gasteiger partial charge >= 0.3 is 11.2 Å². The highest BCUT2D eigenvalue weighted by molar-refractivity contribution is 6.08. The fraction of sp³-hybridized carbons (Fsp3) is 0. The summed E-state index contributed by atoms with van der Waals surface area (Å²) in [4.78, 5) is 0. The smallest absolute Gasteiger partial charge is 0.161 e. The molecule has 0 aromatic heterocycles. The average Bonchev–Trinajstić information content (AvgIpc) is 3.76. The van der Waals surface area contributed by atoms with Gasteiger partial charge in [-0.2, -0.15) is 4.42 Å². The molecule has 0 amide bonds. The molecule has 0 fully saturated rings. The van der Waals surface area contributed by atoms with Crippen LogP contribution in [0.5, 0.6) is 5.75 Å². The Bertz CT molecular complexity index is 1320. The number of benzene rings is 4. The Labute approximate surface area is 181 Å². The largest absolute Gasteiger partial charge is 0.482 e. The van der Waals surface area contributed by atoms with Crippen LogP contribution >= 0.6 is 0 Å². The molecule has 0 aliphatic rings. The van der Waals surface area contributed by atoms with Crippen LogP contribution in [0.1, 0.15) is 0 Å². The van der Waals surface area contributed by atoms with Gasteiger partial charge in [0.2, 0.25) is 11.1 Å². The van der Waals surface area contributed by atoms with Crippen molar-refractivity contribution in [2.45, 2.75) is 0 Å². The first-order valence-electron chi connectivity index (χ1n) is 10.6. The van der Waals surface area contributed by atoms with Gasteiger partial charge in [0, 0.05) is 0 Å². The van der Waals surface area contributed by atoms with E-state index in [0.29, 0.717) is 0 Å². The molecule has 0 N–H and O–H groups in total. The molecule has 0 aliphatic carbocycles. The monoisotopic (exact) mass is 396 g/mol. The SMILES string of the molecule is c1ccc(-c2c(-c3ccccc3)c2=[O+]c2c(-c3ccccc3)[c+]2-c2ccccc2)cc1. The lowest BCUT2D eigenvalue weighted by atomic mass is 10.1. The van der Waals surface area contributed by atoms with Crippen LogP contribution in [-0.2, 0) is 0 Å². The lowest BCUT2D eigenvalue weighted by molar-refractivity contribution is 1.68. The standard InChI is InChI=1S/C30H20O/c1-5-13-21(14-6-1)25-26(22-15-7-2-8-16-22)29(25)31-30-27(23-17-9-3-10-18-23)28(30)24-19-11-4-12-20-24/h1-20H/q+2. The zero-order valence-corrected chi connectivity index (χ0v) is 17.0. The molecule has 31 heavy (non-hydrogen) atoms.